The van der Waals surface area contributed by atoms with Crippen LogP contribution in [0.4, 0.5) is 5.69 Å². The molecule has 0 unspecified atom stereocenters. The number of hydrogen-bond acceptors (Lipinski definition) is 5. The number of sulfone groups is 1. The summed E-state index contributed by atoms with van der Waals surface area (Å²) in [6, 6.07) is 0.960. The lowest BCUT2D eigenvalue weighted by Gasteiger charge is -2.03. The summed E-state index contributed by atoms with van der Waals surface area (Å²) in [6.45, 7) is 0. The van der Waals surface area contributed by atoms with Gasteiger partial charge in [-0.05, 0) is 6.42 Å². The molecule has 1 aromatic rings. The van der Waals surface area contributed by atoms with Crippen molar-refractivity contribution in [2.75, 3.05) is 11.6 Å². The van der Waals surface area contributed by atoms with Crippen molar-refractivity contribution in [2.45, 2.75) is 11.4 Å². The average Bonchev–Trinajstić information content (AvgIpc) is 2.25. The van der Waals surface area contributed by atoms with Crippen LogP contribution in [0.25, 0.3) is 0 Å². The Bertz CT molecular complexity index is 532. The normalized spacial score (nSPS) is 11.4. The Labute approximate surface area is 108 Å². The highest BCUT2D eigenvalue weighted by Gasteiger charge is 2.21. The number of alkyl halides is 1. The summed E-state index contributed by atoms with van der Waals surface area (Å²) in [5, 5.41) is 9.82. The molecule has 0 saturated heterocycles. The van der Waals surface area contributed by atoms with Gasteiger partial charge in [0.1, 0.15) is 6.20 Å². The molecule has 0 aliphatic heterocycles. The summed E-state index contributed by atoms with van der Waals surface area (Å²) >= 11 is 11.1. The standard InChI is InChI=1S/C8H8Cl2N2O4S/c9-2-1-3-17(15,16)8-7(10)4-6(5-11-8)12(13)14/h4-5H,1-3H2. The Morgan fingerprint density at radius 1 is 1.47 bits per heavy atom. The van der Waals surface area contributed by atoms with Crippen LogP contribution in [0.5, 0.6) is 0 Å². The monoisotopic (exact) mass is 298 g/mol. The minimum absolute atomic E-state index is 0.193. The molecule has 1 heterocycles. The van der Waals surface area contributed by atoms with Crippen molar-refractivity contribution < 1.29 is 13.3 Å². The molecule has 17 heavy (non-hydrogen) atoms. The molecule has 0 aromatic carbocycles. The molecule has 0 radical (unpaired) electrons. The maximum atomic E-state index is 11.7. The molecule has 6 nitrogen and oxygen atoms in total. The fourth-order valence-electron chi connectivity index (χ4n) is 1.09. The second-order valence-corrected chi connectivity index (χ2v) is 5.91. The van der Waals surface area contributed by atoms with E-state index in [4.69, 9.17) is 23.2 Å². The molecule has 9 heteroatoms. The van der Waals surface area contributed by atoms with Crippen LogP contribution in [-0.2, 0) is 9.84 Å². The van der Waals surface area contributed by atoms with Crippen LogP contribution < -0.4 is 0 Å². The van der Waals surface area contributed by atoms with E-state index in [1.165, 1.54) is 0 Å². The first-order valence-electron chi connectivity index (χ1n) is 4.47. The van der Waals surface area contributed by atoms with Gasteiger partial charge in [-0.25, -0.2) is 13.4 Å². The summed E-state index contributed by atoms with van der Waals surface area (Å²) < 4.78 is 23.4. The zero-order chi connectivity index (χ0) is 13.1. The Morgan fingerprint density at radius 3 is 2.59 bits per heavy atom. The molecule has 1 aromatic heterocycles. The Balaban J connectivity index is 3.12. The van der Waals surface area contributed by atoms with Crippen molar-refractivity contribution >= 4 is 38.7 Å². The van der Waals surface area contributed by atoms with Crippen molar-refractivity contribution in [2.24, 2.45) is 0 Å². The fourth-order valence-corrected chi connectivity index (χ4v) is 3.18. The number of nitrogens with zero attached hydrogens (tertiary/aromatic N) is 2. The van der Waals surface area contributed by atoms with E-state index >= 15 is 0 Å². The van der Waals surface area contributed by atoms with E-state index in [0.29, 0.717) is 0 Å². The summed E-state index contributed by atoms with van der Waals surface area (Å²) in [6.07, 6.45) is 1.12. The van der Waals surface area contributed by atoms with Crippen LogP contribution in [0.3, 0.4) is 0 Å². The van der Waals surface area contributed by atoms with E-state index < -0.39 is 14.8 Å². The largest absolute Gasteiger partial charge is 0.289 e. The van der Waals surface area contributed by atoms with E-state index in [0.717, 1.165) is 12.3 Å². The molecule has 0 atom stereocenters. The first-order valence-corrected chi connectivity index (χ1v) is 7.03. The lowest BCUT2D eigenvalue weighted by atomic mass is 10.4. The van der Waals surface area contributed by atoms with E-state index in [9.17, 15) is 18.5 Å². The molecular formula is C8H8Cl2N2O4S. The quantitative estimate of drug-likeness (QED) is 0.471. The molecule has 94 valence electrons. The van der Waals surface area contributed by atoms with Crippen LogP contribution in [0.15, 0.2) is 17.3 Å². The summed E-state index contributed by atoms with van der Waals surface area (Å²) in [7, 11) is -3.65. The van der Waals surface area contributed by atoms with Crippen molar-refractivity contribution in [1.82, 2.24) is 4.98 Å². The van der Waals surface area contributed by atoms with Gasteiger partial charge in [-0.3, -0.25) is 10.1 Å². The molecule has 0 aliphatic carbocycles. The molecule has 0 bridgehead atoms. The third kappa shape index (κ3) is 3.52. The number of hydrogen-bond donors (Lipinski definition) is 0. The molecular weight excluding hydrogens is 291 g/mol. The third-order valence-electron chi connectivity index (χ3n) is 1.85. The van der Waals surface area contributed by atoms with Crippen LogP contribution in [0.2, 0.25) is 5.02 Å². The predicted molar refractivity (Wildman–Crippen MR) is 63.3 cm³/mol. The number of aromatic nitrogens is 1. The Kier molecular flexibility index (Phi) is 4.67. The van der Waals surface area contributed by atoms with E-state index in [2.05, 4.69) is 4.98 Å². The van der Waals surface area contributed by atoms with Gasteiger partial charge >= 0.3 is 0 Å². The second kappa shape index (κ2) is 5.61. The van der Waals surface area contributed by atoms with Gasteiger partial charge < -0.3 is 0 Å². The van der Waals surface area contributed by atoms with Gasteiger partial charge in [0, 0.05) is 11.9 Å². The highest BCUT2D eigenvalue weighted by Crippen LogP contribution is 2.24. The van der Waals surface area contributed by atoms with Gasteiger partial charge in [-0.15, -0.1) is 11.6 Å². The number of nitro groups is 1. The van der Waals surface area contributed by atoms with E-state index in [1.807, 2.05) is 0 Å². The first-order chi connectivity index (χ1) is 7.88. The zero-order valence-corrected chi connectivity index (χ0v) is 10.8. The Hall–Kier alpha value is -0.920. The molecule has 0 spiro atoms. The highest BCUT2D eigenvalue weighted by molar-refractivity contribution is 7.91. The zero-order valence-electron chi connectivity index (χ0n) is 8.47. The smallest absolute Gasteiger partial charge is 0.258 e. The van der Waals surface area contributed by atoms with Crippen LogP contribution in [-0.4, -0.2) is 30.0 Å². The Morgan fingerprint density at radius 2 is 2.12 bits per heavy atom. The molecule has 0 saturated carbocycles. The fraction of sp³-hybridized carbons (Fsp3) is 0.375. The van der Waals surface area contributed by atoms with Crippen LogP contribution in [0.1, 0.15) is 6.42 Å². The van der Waals surface area contributed by atoms with Crippen molar-refractivity contribution in [3.8, 4) is 0 Å². The minimum atomic E-state index is -3.65. The topological polar surface area (TPSA) is 90.2 Å². The van der Waals surface area contributed by atoms with Crippen LogP contribution >= 0.6 is 23.2 Å². The summed E-state index contributed by atoms with van der Waals surface area (Å²) in [5.74, 6) is 0.00482. The van der Waals surface area contributed by atoms with Crippen molar-refractivity contribution in [1.29, 1.82) is 0 Å². The molecule has 0 amide bonds. The lowest BCUT2D eigenvalue weighted by molar-refractivity contribution is -0.385. The molecule has 1 rings (SSSR count). The summed E-state index contributed by atoms with van der Waals surface area (Å²) in [5.41, 5.74) is -0.355. The predicted octanol–water partition coefficient (Wildman–Crippen LogP) is 2.05. The van der Waals surface area contributed by atoms with E-state index in [-0.39, 0.29) is 33.8 Å². The molecule has 0 N–H and O–H groups in total. The first kappa shape index (κ1) is 14.1. The minimum Gasteiger partial charge on any atom is -0.258 e. The third-order valence-corrected chi connectivity index (χ3v) is 4.25. The number of pyridine rings is 1. The SMILES string of the molecule is O=[N+]([O-])c1cnc(S(=O)(=O)CCCCl)c(Cl)c1. The van der Waals surface area contributed by atoms with Gasteiger partial charge in [0.15, 0.2) is 14.9 Å². The van der Waals surface area contributed by atoms with Gasteiger partial charge in [-0.1, -0.05) is 11.6 Å². The van der Waals surface area contributed by atoms with Crippen molar-refractivity contribution in [3.05, 3.63) is 27.4 Å². The van der Waals surface area contributed by atoms with E-state index in [1.54, 1.807) is 0 Å². The van der Waals surface area contributed by atoms with Gasteiger partial charge in [0.05, 0.1) is 15.7 Å². The average molecular weight is 299 g/mol. The summed E-state index contributed by atoms with van der Waals surface area (Å²) in [4.78, 5) is 13.2. The maximum absolute atomic E-state index is 11.7. The number of halogens is 2. The van der Waals surface area contributed by atoms with Gasteiger partial charge in [0.25, 0.3) is 5.69 Å². The molecule has 0 aliphatic rings. The van der Waals surface area contributed by atoms with Gasteiger partial charge in [0.2, 0.25) is 0 Å². The highest BCUT2D eigenvalue weighted by atomic mass is 35.5. The number of rotatable bonds is 5. The second-order valence-electron chi connectivity index (χ2n) is 3.10. The van der Waals surface area contributed by atoms with Gasteiger partial charge in [-0.2, -0.15) is 0 Å². The molecule has 0 fully saturated rings. The van der Waals surface area contributed by atoms with Crippen LogP contribution in [0, 0.1) is 10.1 Å². The maximum Gasteiger partial charge on any atom is 0.289 e. The lowest BCUT2D eigenvalue weighted by Crippen LogP contribution is -2.10. The van der Waals surface area contributed by atoms with Crippen molar-refractivity contribution in [3.63, 3.8) is 0 Å².